The Morgan fingerprint density at radius 3 is 2.62 bits per heavy atom. The van der Waals surface area contributed by atoms with E-state index in [9.17, 15) is 4.21 Å². The number of aromatic nitrogens is 3. The van der Waals surface area contributed by atoms with Gasteiger partial charge in [0.05, 0.1) is 17.6 Å². The maximum absolute atomic E-state index is 12.8. The lowest BCUT2D eigenvalue weighted by molar-refractivity contribution is 0.598. The van der Waals surface area contributed by atoms with Crippen molar-refractivity contribution < 1.29 is 9.69 Å². The Labute approximate surface area is 181 Å². The summed E-state index contributed by atoms with van der Waals surface area (Å²) in [6.07, 6.45) is 2.71. The molecule has 4 rings (SSSR count). The molecular weight excluding hydrogens is 454 g/mol. The largest absolute Gasteiger partial charge is 0.870 e. The Kier molecular flexibility index (Phi) is 6.40. The van der Waals surface area contributed by atoms with Gasteiger partial charge in [-0.3, -0.25) is 4.68 Å². The van der Waals surface area contributed by atoms with Crippen LogP contribution in [0.25, 0.3) is 0 Å². The number of anilines is 2. The van der Waals surface area contributed by atoms with E-state index in [-0.39, 0.29) is 5.48 Å². The van der Waals surface area contributed by atoms with Gasteiger partial charge < -0.3 is 10.4 Å². The second kappa shape index (κ2) is 8.64. The topological polar surface area (TPSA) is 93.1 Å². The molecule has 0 saturated carbocycles. The molecule has 154 valence electrons. The van der Waals surface area contributed by atoms with Gasteiger partial charge in [0, 0.05) is 30.7 Å². The molecule has 0 spiro atoms. The van der Waals surface area contributed by atoms with Crippen LogP contribution >= 0.6 is 15.9 Å². The van der Waals surface area contributed by atoms with E-state index in [1.165, 1.54) is 11.1 Å². The molecule has 0 amide bonds. The summed E-state index contributed by atoms with van der Waals surface area (Å²) >= 11 is 3.55. The van der Waals surface area contributed by atoms with Gasteiger partial charge in [-0.25, -0.2) is 4.98 Å². The van der Waals surface area contributed by atoms with Gasteiger partial charge in [0.25, 0.3) is 0 Å². The van der Waals surface area contributed by atoms with Gasteiger partial charge in [-0.2, -0.15) is 9.82 Å². The van der Waals surface area contributed by atoms with Crippen LogP contribution < -0.4 is 9.62 Å². The lowest BCUT2D eigenvalue weighted by Gasteiger charge is -2.29. The molecule has 1 aliphatic rings. The molecule has 0 radical (unpaired) electrons. The Morgan fingerprint density at radius 2 is 1.97 bits per heavy atom. The first-order valence-corrected chi connectivity index (χ1v) is 11.2. The van der Waals surface area contributed by atoms with E-state index in [4.69, 9.17) is 0 Å². The summed E-state index contributed by atoms with van der Waals surface area (Å²) in [5.41, 5.74) is 5.34. The summed E-state index contributed by atoms with van der Waals surface area (Å²) < 4.78 is 18.7. The van der Waals surface area contributed by atoms with Crippen molar-refractivity contribution in [1.82, 2.24) is 14.8 Å². The minimum atomic E-state index is -1.79. The first-order valence-electron chi connectivity index (χ1n) is 9.15. The van der Waals surface area contributed by atoms with E-state index in [0.717, 1.165) is 46.9 Å². The highest BCUT2D eigenvalue weighted by molar-refractivity contribution is 9.10. The summed E-state index contributed by atoms with van der Waals surface area (Å²) in [7, 11) is 0.0932. The molecule has 2 N–H and O–H groups in total. The highest BCUT2D eigenvalue weighted by Crippen LogP contribution is 2.26. The van der Waals surface area contributed by atoms with Crippen LogP contribution in [0.3, 0.4) is 0 Å². The van der Waals surface area contributed by atoms with Crippen molar-refractivity contribution >= 4 is 38.4 Å². The first kappa shape index (κ1) is 21.5. The minimum absolute atomic E-state index is 0. The first-order chi connectivity index (χ1) is 13.4. The fourth-order valence-corrected chi connectivity index (χ4v) is 4.94. The highest BCUT2D eigenvalue weighted by Gasteiger charge is 2.20. The molecule has 9 heteroatoms. The van der Waals surface area contributed by atoms with E-state index >= 15 is 0 Å². The molecule has 0 aliphatic carbocycles. The van der Waals surface area contributed by atoms with Crippen molar-refractivity contribution in [1.29, 1.82) is 0 Å². The monoisotopic (exact) mass is 477 g/mol. The fourth-order valence-electron chi connectivity index (χ4n) is 3.51. The summed E-state index contributed by atoms with van der Waals surface area (Å²) in [6.45, 7) is 5.63. The Hall–Kier alpha value is -2.23. The van der Waals surface area contributed by atoms with Crippen LogP contribution in [0, 0.1) is 13.8 Å². The van der Waals surface area contributed by atoms with Gasteiger partial charge in [-0.05, 0) is 49.6 Å². The van der Waals surface area contributed by atoms with Gasteiger partial charge in [0.2, 0.25) is 0 Å². The maximum atomic E-state index is 12.8. The summed E-state index contributed by atoms with van der Waals surface area (Å²) in [5, 5.41) is 4.36. The number of hydrogen-bond acceptors (Lipinski definition) is 5. The number of benzene rings is 1. The molecular formula is C20H24BrN5O2S. The van der Waals surface area contributed by atoms with Gasteiger partial charge in [-0.1, -0.05) is 26.2 Å². The number of nitrogens with one attached hydrogen (secondary N) is 1. The second-order valence-electron chi connectivity index (χ2n) is 7.03. The standard InChI is InChI=1S/C20H22BrN5OS.H2O/c1-13-20(14(2)25(3)23-13)24-28(27)18-6-7-19(22-11-18)26-9-8-15-4-5-17(21)10-16(15)12-26;/h4-7,10-11H,8-9,12H2,1-3H3,(H,24,27);1H2. The third-order valence-electron chi connectivity index (χ3n) is 5.19. The fraction of sp³-hybridized carbons (Fsp3) is 0.300. The predicted molar refractivity (Wildman–Crippen MR) is 119 cm³/mol. The molecule has 29 heavy (non-hydrogen) atoms. The van der Waals surface area contributed by atoms with Crippen molar-refractivity contribution in [3.8, 4) is 0 Å². The van der Waals surface area contributed by atoms with E-state index in [1.54, 1.807) is 10.9 Å². The van der Waals surface area contributed by atoms with Gasteiger partial charge in [0.15, 0.2) is 15.9 Å². The van der Waals surface area contributed by atoms with Crippen molar-refractivity contribution in [3.05, 3.63) is 63.5 Å². The van der Waals surface area contributed by atoms with Crippen molar-refractivity contribution in [2.75, 3.05) is 16.2 Å². The lowest BCUT2D eigenvalue weighted by atomic mass is 10.00. The zero-order valence-corrected chi connectivity index (χ0v) is 19.0. The molecule has 3 heterocycles. The van der Waals surface area contributed by atoms with Crippen LogP contribution in [0.5, 0.6) is 0 Å². The number of halogens is 1. The number of thiol groups is 1. The van der Waals surface area contributed by atoms with Crippen molar-refractivity contribution in [3.63, 3.8) is 0 Å². The number of aryl methyl sites for hydroxylation is 2. The van der Waals surface area contributed by atoms with Gasteiger partial charge >= 0.3 is 0 Å². The van der Waals surface area contributed by atoms with E-state index in [0.29, 0.717) is 4.90 Å². The number of fused-ring (bicyclic) bond motifs is 1. The van der Waals surface area contributed by atoms with Crippen LogP contribution in [-0.2, 0) is 35.2 Å². The molecule has 2 aromatic heterocycles. The summed E-state index contributed by atoms with van der Waals surface area (Å²) in [6, 6.07) is 10.3. The lowest BCUT2D eigenvalue weighted by Crippen LogP contribution is -2.31. The van der Waals surface area contributed by atoms with Crippen molar-refractivity contribution in [2.45, 2.75) is 31.7 Å². The van der Waals surface area contributed by atoms with Crippen LogP contribution in [0.15, 0.2) is 45.9 Å². The van der Waals surface area contributed by atoms with Crippen LogP contribution in [0.1, 0.15) is 22.5 Å². The molecule has 0 fully saturated rings. The molecule has 1 aliphatic heterocycles. The van der Waals surface area contributed by atoms with E-state index < -0.39 is 11.0 Å². The van der Waals surface area contributed by atoms with E-state index in [2.05, 4.69) is 53.8 Å². The van der Waals surface area contributed by atoms with Gasteiger partial charge in [-0.15, -0.1) is 0 Å². The Balaban J connectivity index is 0.00000240. The Morgan fingerprint density at radius 1 is 1.17 bits per heavy atom. The third-order valence-corrected chi connectivity index (χ3v) is 6.85. The second-order valence-corrected chi connectivity index (χ2v) is 9.28. The quantitative estimate of drug-likeness (QED) is 0.456. The minimum Gasteiger partial charge on any atom is -0.870 e. The molecule has 7 nitrogen and oxygen atoms in total. The maximum Gasteiger partial charge on any atom is 0.198 e. The zero-order valence-electron chi connectivity index (χ0n) is 16.6. The van der Waals surface area contributed by atoms with E-state index in [1.807, 2.05) is 33.0 Å². The summed E-state index contributed by atoms with van der Waals surface area (Å²) in [4.78, 5) is 7.52. The number of nitrogens with zero attached hydrogens (tertiary/aromatic N) is 4. The average molecular weight is 478 g/mol. The van der Waals surface area contributed by atoms with Crippen LogP contribution in [0.2, 0.25) is 0 Å². The Bertz CT molecular complexity index is 1050. The predicted octanol–water partition coefficient (Wildman–Crippen LogP) is 3.66. The van der Waals surface area contributed by atoms with Crippen molar-refractivity contribution in [2.24, 2.45) is 7.05 Å². The van der Waals surface area contributed by atoms with Gasteiger partial charge in [0.1, 0.15) is 11.5 Å². The SMILES string of the molecule is Cc1nn(C)c(C)c1N[SH+](=O)c1ccc(N2CCc3ccc(Br)cc3C2)nc1.[OH-]. The average Bonchev–Trinajstić information content (AvgIpc) is 2.93. The zero-order chi connectivity index (χ0) is 19.8. The number of pyridine rings is 1. The highest BCUT2D eigenvalue weighted by atomic mass is 79.9. The normalized spacial score (nSPS) is 14.1. The molecule has 0 saturated heterocycles. The smallest absolute Gasteiger partial charge is 0.198 e. The summed E-state index contributed by atoms with van der Waals surface area (Å²) in [5.74, 6) is 0.909. The molecule has 0 bridgehead atoms. The molecule has 1 atom stereocenters. The molecule has 3 aromatic rings. The number of rotatable bonds is 4. The van der Waals surface area contributed by atoms with Crippen LogP contribution in [0.4, 0.5) is 11.5 Å². The van der Waals surface area contributed by atoms with Crippen LogP contribution in [-0.4, -0.2) is 26.8 Å². The number of hydrogen-bond donors (Lipinski definition) is 1. The third kappa shape index (κ3) is 4.36. The molecule has 1 unspecified atom stereocenters. The molecule has 1 aromatic carbocycles.